The Morgan fingerprint density at radius 2 is 1.90 bits per heavy atom. The predicted molar refractivity (Wildman–Crippen MR) is 71.0 cm³/mol. The number of hydrogen-bond acceptors (Lipinski definition) is 6. The molecule has 7 heteroatoms. The summed E-state index contributed by atoms with van der Waals surface area (Å²) in [5, 5.41) is 0. The largest absolute Gasteiger partial charge is 0.507 e. The number of hydrogen-bond donors (Lipinski definition) is 0. The molecular formula is C13H19NO6. The molecule has 1 atom stereocenters. The van der Waals surface area contributed by atoms with Crippen LogP contribution >= 0.6 is 0 Å². The molecule has 0 aliphatic rings. The van der Waals surface area contributed by atoms with Crippen LogP contribution in [0, 0.1) is 0 Å². The molecule has 7 nitrogen and oxygen atoms in total. The zero-order valence-electron chi connectivity index (χ0n) is 11.8. The molecule has 20 heavy (non-hydrogen) atoms. The van der Waals surface area contributed by atoms with Gasteiger partial charge in [-0.2, -0.15) is 0 Å². The van der Waals surface area contributed by atoms with Gasteiger partial charge in [0.1, 0.15) is 0 Å². The van der Waals surface area contributed by atoms with Gasteiger partial charge in [-0.3, -0.25) is 9.69 Å². The van der Waals surface area contributed by atoms with Gasteiger partial charge in [0.25, 0.3) is 0 Å². The van der Waals surface area contributed by atoms with Gasteiger partial charge in [0, 0.05) is 12.6 Å². The van der Waals surface area contributed by atoms with E-state index >= 15 is 0 Å². The normalized spacial score (nSPS) is 11.6. The van der Waals surface area contributed by atoms with Gasteiger partial charge >= 0.3 is 12.2 Å². The molecule has 0 aliphatic carbocycles. The fourth-order valence-electron chi connectivity index (χ4n) is 1.29. The van der Waals surface area contributed by atoms with E-state index in [2.05, 4.69) is 16.1 Å². The Hall–Kier alpha value is -2.31. The van der Waals surface area contributed by atoms with Gasteiger partial charge in [0.15, 0.2) is 5.78 Å². The maximum atomic E-state index is 11.6. The quantitative estimate of drug-likeness (QED) is 0.403. The first-order valence-corrected chi connectivity index (χ1v) is 5.84. The third kappa shape index (κ3) is 6.58. The highest BCUT2D eigenvalue weighted by atomic mass is 16.7. The van der Waals surface area contributed by atoms with Crippen molar-refractivity contribution in [3.8, 4) is 0 Å². The molecule has 0 rings (SSSR count). The van der Waals surface area contributed by atoms with Crippen LogP contribution in [0.3, 0.4) is 0 Å². The van der Waals surface area contributed by atoms with E-state index in [0.717, 1.165) is 0 Å². The number of ether oxygens (including phenoxy) is 3. The highest BCUT2D eigenvalue weighted by molar-refractivity contribution is 5.87. The van der Waals surface area contributed by atoms with Crippen molar-refractivity contribution in [2.45, 2.75) is 19.4 Å². The van der Waals surface area contributed by atoms with Crippen LogP contribution in [0.25, 0.3) is 0 Å². The second-order valence-electron chi connectivity index (χ2n) is 3.70. The summed E-state index contributed by atoms with van der Waals surface area (Å²) >= 11 is 0. The van der Waals surface area contributed by atoms with Crippen LogP contribution in [-0.4, -0.2) is 49.8 Å². The number of carbonyl (C=O) groups is 3. The van der Waals surface area contributed by atoms with Crippen molar-refractivity contribution in [3.05, 3.63) is 24.9 Å². The summed E-state index contributed by atoms with van der Waals surface area (Å²) < 4.78 is 13.7. The van der Waals surface area contributed by atoms with Crippen LogP contribution < -0.4 is 0 Å². The smallest absolute Gasteiger partial charge is 0.452 e. The molecule has 1 amide bonds. The molecule has 0 aromatic carbocycles. The fourth-order valence-corrected chi connectivity index (χ4v) is 1.29. The average molecular weight is 285 g/mol. The predicted octanol–water partition coefficient (Wildman–Crippen LogP) is 1.89. The van der Waals surface area contributed by atoms with Crippen molar-refractivity contribution >= 4 is 18.0 Å². The molecule has 0 saturated carbocycles. The van der Waals surface area contributed by atoms with Crippen LogP contribution in [-0.2, 0) is 19.0 Å². The third-order valence-electron chi connectivity index (χ3n) is 2.28. The molecule has 0 saturated heterocycles. The highest BCUT2D eigenvalue weighted by Gasteiger charge is 2.20. The molecule has 0 bridgehead atoms. The van der Waals surface area contributed by atoms with E-state index in [4.69, 9.17) is 4.74 Å². The Bertz CT molecular complexity index is 390. The second kappa shape index (κ2) is 9.60. The van der Waals surface area contributed by atoms with Crippen molar-refractivity contribution in [2.75, 3.05) is 20.8 Å². The maximum absolute atomic E-state index is 11.6. The van der Waals surface area contributed by atoms with Gasteiger partial charge in [-0.1, -0.05) is 6.08 Å². The van der Waals surface area contributed by atoms with Crippen molar-refractivity contribution < 1.29 is 28.6 Å². The minimum atomic E-state index is -0.809. The van der Waals surface area contributed by atoms with E-state index in [1.807, 2.05) is 0 Å². The molecule has 112 valence electrons. The number of allylic oxidation sites excluding steroid dienone is 1. The van der Waals surface area contributed by atoms with Gasteiger partial charge < -0.3 is 14.2 Å². The molecule has 0 aromatic heterocycles. The summed E-state index contributed by atoms with van der Waals surface area (Å²) in [6.07, 6.45) is 2.85. The Labute approximate surface area is 117 Å². The van der Waals surface area contributed by atoms with Crippen LogP contribution in [0.2, 0.25) is 0 Å². The average Bonchev–Trinajstić information content (AvgIpc) is 2.44. The topological polar surface area (TPSA) is 82.1 Å². The van der Waals surface area contributed by atoms with Crippen molar-refractivity contribution in [3.63, 3.8) is 0 Å². The van der Waals surface area contributed by atoms with E-state index in [1.165, 1.54) is 44.4 Å². The molecule has 0 aromatic rings. The van der Waals surface area contributed by atoms with Crippen LogP contribution in [0.4, 0.5) is 9.59 Å². The lowest BCUT2D eigenvalue weighted by Gasteiger charge is -2.24. The summed E-state index contributed by atoms with van der Waals surface area (Å²) in [6, 6.07) is -0.484. The Kier molecular flexibility index (Phi) is 8.49. The minimum absolute atomic E-state index is 0.0325. The van der Waals surface area contributed by atoms with Crippen LogP contribution in [0.1, 0.15) is 13.3 Å². The SMILES string of the molecule is C=CC(CCOC(=O)OC)N(/C=C/C(C)=O)C(=O)OC. The van der Waals surface area contributed by atoms with E-state index in [1.54, 1.807) is 0 Å². The van der Waals surface area contributed by atoms with Crippen LogP contribution in [0.15, 0.2) is 24.9 Å². The molecule has 0 spiro atoms. The molecule has 0 fully saturated rings. The molecule has 0 radical (unpaired) electrons. The lowest BCUT2D eigenvalue weighted by molar-refractivity contribution is -0.112. The number of amides is 1. The van der Waals surface area contributed by atoms with E-state index in [0.29, 0.717) is 0 Å². The molecular weight excluding hydrogens is 266 g/mol. The summed E-state index contributed by atoms with van der Waals surface area (Å²) in [7, 11) is 2.42. The second-order valence-corrected chi connectivity index (χ2v) is 3.70. The first-order valence-electron chi connectivity index (χ1n) is 5.84. The zero-order chi connectivity index (χ0) is 15.5. The Morgan fingerprint density at radius 1 is 1.25 bits per heavy atom. The van der Waals surface area contributed by atoms with Crippen molar-refractivity contribution in [1.29, 1.82) is 0 Å². The standard InChI is InChI=1S/C13H19NO6/c1-5-11(7-9-20-13(17)19-4)14(12(16)18-3)8-6-10(2)15/h5-6,8,11H,1,7,9H2,2-4H3/b8-6+. The molecule has 1 unspecified atom stereocenters. The van der Waals surface area contributed by atoms with Crippen molar-refractivity contribution in [1.82, 2.24) is 4.90 Å². The molecule has 0 aliphatic heterocycles. The van der Waals surface area contributed by atoms with Crippen molar-refractivity contribution in [2.24, 2.45) is 0 Å². The summed E-state index contributed by atoms with van der Waals surface area (Å²) in [5.41, 5.74) is 0. The van der Waals surface area contributed by atoms with Crippen LogP contribution in [0.5, 0.6) is 0 Å². The first kappa shape index (κ1) is 17.7. The molecule has 0 N–H and O–H groups in total. The number of methoxy groups -OCH3 is 2. The first-order chi connectivity index (χ1) is 9.46. The number of rotatable bonds is 7. The van der Waals surface area contributed by atoms with E-state index < -0.39 is 18.3 Å². The van der Waals surface area contributed by atoms with Gasteiger partial charge in [-0.15, -0.1) is 6.58 Å². The summed E-state index contributed by atoms with van der Waals surface area (Å²) in [5.74, 6) is -0.215. The van der Waals surface area contributed by atoms with Gasteiger partial charge in [0.2, 0.25) is 0 Å². The summed E-state index contributed by atoms with van der Waals surface area (Å²) in [6.45, 7) is 4.99. The Balaban J connectivity index is 4.73. The third-order valence-corrected chi connectivity index (χ3v) is 2.28. The summed E-state index contributed by atoms with van der Waals surface area (Å²) in [4.78, 5) is 34.6. The zero-order valence-corrected chi connectivity index (χ0v) is 11.8. The molecule has 0 heterocycles. The van der Waals surface area contributed by atoms with Gasteiger partial charge in [-0.05, 0) is 13.0 Å². The monoisotopic (exact) mass is 285 g/mol. The lowest BCUT2D eigenvalue weighted by Crippen LogP contribution is -2.36. The lowest BCUT2D eigenvalue weighted by atomic mass is 10.2. The Morgan fingerprint density at radius 3 is 2.35 bits per heavy atom. The van der Waals surface area contributed by atoms with Gasteiger partial charge in [0.05, 0.1) is 26.9 Å². The number of nitrogens with zero attached hydrogens (tertiary/aromatic N) is 1. The maximum Gasteiger partial charge on any atom is 0.507 e. The number of carbonyl (C=O) groups excluding carboxylic acids is 3. The van der Waals surface area contributed by atoms with E-state index in [9.17, 15) is 14.4 Å². The fraction of sp³-hybridized carbons (Fsp3) is 0.462. The van der Waals surface area contributed by atoms with E-state index in [-0.39, 0.29) is 18.8 Å². The van der Waals surface area contributed by atoms with Gasteiger partial charge in [-0.25, -0.2) is 9.59 Å². The number of ketones is 1. The minimum Gasteiger partial charge on any atom is -0.452 e. The highest BCUT2D eigenvalue weighted by Crippen LogP contribution is 2.09.